The van der Waals surface area contributed by atoms with Crippen LogP contribution in [0, 0.1) is 0 Å². The molecule has 0 radical (unpaired) electrons. The van der Waals surface area contributed by atoms with E-state index < -0.39 is 13.4 Å². The van der Waals surface area contributed by atoms with Crippen molar-refractivity contribution in [3.05, 3.63) is 0 Å². The molecule has 25 heavy (non-hydrogen) atoms. The van der Waals surface area contributed by atoms with Crippen molar-refractivity contribution in [2.45, 2.75) is 88.1 Å². The number of unbranched alkanes of at least 4 members (excludes halogenated alkanes) is 8. The molecular formula is C14H36O6P2S2Zn. The summed E-state index contributed by atoms with van der Waals surface area (Å²) in [4.78, 5) is 45.3. The Morgan fingerprint density at radius 2 is 0.800 bits per heavy atom. The van der Waals surface area contributed by atoms with Crippen molar-refractivity contribution in [1.29, 1.82) is 0 Å². The minimum Gasteiger partial charge on any atom is -0.325 e. The van der Waals surface area contributed by atoms with E-state index in [-0.39, 0.29) is 17.1 Å². The first-order valence-corrected chi connectivity index (χ1v) is 18.5. The number of hydrogen-bond acceptors (Lipinski definition) is 2. The Balaban J connectivity index is -0.000000396. The van der Waals surface area contributed by atoms with E-state index in [0.29, 0.717) is 0 Å². The van der Waals surface area contributed by atoms with Gasteiger partial charge < -0.3 is 29.4 Å². The van der Waals surface area contributed by atoms with E-state index >= 15 is 0 Å². The van der Waals surface area contributed by atoms with Crippen LogP contribution >= 0.6 is 13.4 Å². The molecule has 0 aromatic heterocycles. The SMILES string of the molecule is CCCCCC[CH2][Zn][CH2]CCCCCC.OP(O)(O)=S.OP(O)(O)=S. The van der Waals surface area contributed by atoms with E-state index in [1.54, 1.807) is 22.9 Å². The summed E-state index contributed by atoms with van der Waals surface area (Å²) in [6.45, 7) is -3.01. The van der Waals surface area contributed by atoms with Gasteiger partial charge in [0.1, 0.15) is 0 Å². The van der Waals surface area contributed by atoms with Gasteiger partial charge in [0, 0.05) is 0 Å². The molecule has 152 valence electrons. The minimum atomic E-state index is -3.81. The van der Waals surface area contributed by atoms with Crippen molar-refractivity contribution in [3.8, 4) is 0 Å². The van der Waals surface area contributed by atoms with Crippen LogP contribution in [0.2, 0.25) is 10.0 Å². The fourth-order valence-electron chi connectivity index (χ4n) is 2.09. The first-order chi connectivity index (χ1) is 11.4. The molecule has 0 aromatic carbocycles. The summed E-state index contributed by atoms with van der Waals surface area (Å²) >= 11 is 7.15. The Morgan fingerprint density at radius 1 is 0.560 bits per heavy atom. The summed E-state index contributed by atoms with van der Waals surface area (Å²) in [6, 6.07) is 0. The van der Waals surface area contributed by atoms with Crippen molar-refractivity contribution >= 4 is 37.1 Å². The van der Waals surface area contributed by atoms with Gasteiger partial charge in [0.2, 0.25) is 0 Å². The zero-order valence-electron chi connectivity index (χ0n) is 15.6. The summed E-state index contributed by atoms with van der Waals surface area (Å²) in [7, 11) is 0. The topological polar surface area (TPSA) is 121 Å². The van der Waals surface area contributed by atoms with Crippen molar-refractivity contribution < 1.29 is 46.5 Å². The molecule has 11 heteroatoms. The summed E-state index contributed by atoms with van der Waals surface area (Å²) in [6.07, 6.45) is 14.9. The fraction of sp³-hybridized carbons (Fsp3) is 1.00. The Bertz CT molecular complexity index is 304. The molecule has 0 rings (SSSR count). The van der Waals surface area contributed by atoms with Crippen LogP contribution in [-0.2, 0) is 40.7 Å². The minimum absolute atomic E-state index is 0.0568. The molecule has 0 heterocycles. The summed E-state index contributed by atoms with van der Waals surface area (Å²) in [5.41, 5.74) is 0. The molecule has 6 nitrogen and oxygen atoms in total. The molecule has 0 bridgehead atoms. The molecule has 0 fully saturated rings. The third kappa shape index (κ3) is 76.9. The molecule has 0 saturated heterocycles. The zero-order chi connectivity index (χ0) is 20.2. The van der Waals surface area contributed by atoms with E-state index in [9.17, 15) is 0 Å². The maximum Gasteiger partial charge on any atom is 0.319 e. The predicted octanol–water partition coefficient (Wildman–Crippen LogP) is 4.22. The van der Waals surface area contributed by atoms with Crippen LogP contribution < -0.4 is 0 Å². The van der Waals surface area contributed by atoms with Gasteiger partial charge in [0.15, 0.2) is 0 Å². The van der Waals surface area contributed by atoms with E-state index in [4.69, 9.17) is 29.4 Å². The van der Waals surface area contributed by atoms with Gasteiger partial charge in [-0.05, 0) is 23.6 Å². The monoisotopic (exact) mass is 490 g/mol. The maximum atomic E-state index is 7.56. The van der Waals surface area contributed by atoms with Gasteiger partial charge in [-0.1, -0.05) is 0 Å². The van der Waals surface area contributed by atoms with Crippen LogP contribution in [0.15, 0.2) is 0 Å². The van der Waals surface area contributed by atoms with Crippen molar-refractivity contribution in [3.63, 3.8) is 0 Å². The van der Waals surface area contributed by atoms with Gasteiger partial charge in [0.05, 0.1) is 0 Å². The van der Waals surface area contributed by atoms with Crippen LogP contribution in [0.25, 0.3) is 0 Å². The molecule has 0 atom stereocenters. The first kappa shape index (κ1) is 31.4. The van der Waals surface area contributed by atoms with E-state index in [2.05, 4.69) is 37.5 Å². The molecule has 0 aliphatic carbocycles. The molecule has 0 aliphatic rings. The average Bonchev–Trinajstić information content (AvgIpc) is 2.41. The molecule has 0 aliphatic heterocycles. The normalized spacial score (nSPS) is 10.9. The van der Waals surface area contributed by atoms with Crippen LogP contribution in [-0.4, -0.2) is 29.4 Å². The second-order valence-corrected chi connectivity index (χ2v) is 15.4. The van der Waals surface area contributed by atoms with Crippen molar-refractivity contribution in [2.75, 3.05) is 0 Å². The third-order valence-corrected chi connectivity index (χ3v) is 7.40. The van der Waals surface area contributed by atoms with Gasteiger partial charge >= 0.3 is 119 Å². The standard InChI is InChI=1S/2C7H15.2H3O3PS.Zn/c2*1-3-5-7-6-4-2;2*1-4(2,3)5;/h2*1,3-7H2,2H3;2*(H3,1,2,3,5);. The second kappa shape index (κ2) is 22.0. The molecule has 0 aromatic rings. The maximum absolute atomic E-state index is 7.56. The fourth-order valence-corrected chi connectivity index (χ4v) is 5.80. The van der Waals surface area contributed by atoms with Gasteiger partial charge in [-0.25, -0.2) is 0 Å². The van der Waals surface area contributed by atoms with Gasteiger partial charge in [-0.3, -0.25) is 0 Å². The summed E-state index contributed by atoms with van der Waals surface area (Å²) < 4.78 is 0. The molecule has 0 saturated carbocycles. The van der Waals surface area contributed by atoms with Gasteiger partial charge in [-0.2, -0.15) is 0 Å². The van der Waals surface area contributed by atoms with E-state index in [0.717, 1.165) is 0 Å². The zero-order valence-corrected chi connectivity index (χ0v) is 22.0. The first-order valence-electron chi connectivity index (χ1n) is 8.98. The van der Waals surface area contributed by atoms with Crippen LogP contribution in [0.1, 0.15) is 78.1 Å². The molecule has 0 spiro atoms. The van der Waals surface area contributed by atoms with Crippen LogP contribution in [0.3, 0.4) is 0 Å². The van der Waals surface area contributed by atoms with Crippen molar-refractivity contribution in [2.24, 2.45) is 0 Å². The Kier molecular flexibility index (Phi) is 27.6. The largest absolute Gasteiger partial charge is 0.325 e. The molecule has 0 amide bonds. The molecule has 0 unspecified atom stereocenters. The van der Waals surface area contributed by atoms with Gasteiger partial charge in [0.25, 0.3) is 0 Å². The molecule has 6 N–H and O–H groups in total. The Morgan fingerprint density at radius 3 is 1.04 bits per heavy atom. The third-order valence-electron chi connectivity index (χ3n) is 3.21. The Labute approximate surface area is 171 Å². The Hall–Kier alpha value is 1.68. The van der Waals surface area contributed by atoms with Crippen LogP contribution in [0.4, 0.5) is 0 Å². The predicted molar refractivity (Wildman–Crippen MR) is 109 cm³/mol. The summed E-state index contributed by atoms with van der Waals surface area (Å²) in [5.74, 6) is 0. The van der Waals surface area contributed by atoms with E-state index in [1.807, 2.05) is 0 Å². The molecular weight excluding hydrogens is 456 g/mol. The second-order valence-electron chi connectivity index (χ2n) is 5.92. The quantitative estimate of drug-likeness (QED) is 0.136. The number of hydrogen-bond donors (Lipinski definition) is 6. The smallest absolute Gasteiger partial charge is 0.319 e. The van der Waals surface area contributed by atoms with Crippen LogP contribution in [0.5, 0.6) is 0 Å². The van der Waals surface area contributed by atoms with Crippen molar-refractivity contribution in [1.82, 2.24) is 0 Å². The van der Waals surface area contributed by atoms with Gasteiger partial charge in [-0.15, -0.1) is 0 Å². The van der Waals surface area contributed by atoms with E-state index in [1.165, 1.54) is 51.4 Å². The average molecular weight is 492 g/mol. The number of rotatable bonds is 12. The summed E-state index contributed by atoms with van der Waals surface area (Å²) in [5, 5.41) is 3.34.